The molecule has 110 valence electrons. The van der Waals surface area contributed by atoms with Gasteiger partial charge in [-0.15, -0.1) is 0 Å². The van der Waals surface area contributed by atoms with Gasteiger partial charge in [-0.3, -0.25) is 9.89 Å². The molecule has 0 spiro atoms. The van der Waals surface area contributed by atoms with Crippen LogP contribution in [-0.2, 0) is 11.0 Å². The van der Waals surface area contributed by atoms with Crippen molar-refractivity contribution >= 4 is 11.7 Å². The van der Waals surface area contributed by atoms with Gasteiger partial charge >= 0.3 is 6.18 Å². The van der Waals surface area contributed by atoms with Gasteiger partial charge in [0.15, 0.2) is 5.82 Å². The zero-order valence-electron chi connectivity index (χ0n) is 11.1. The minimum atomic E-state index is -4.46. The van der Waals surface area contributed by atoms with Crippen molar-refractivity contribution in [1.82, 2.24) is 10.2 Å². The first-order chi connectivity index (χ1) is 9.88. The highest BCUT2D eigenvalue weighted by atomic mass is 19.4. The molecule has 1 amide bonds. The van der Waals surface area contributed by atoms with Crippen molar-refractivity contribution in [3.05, 3.63) is 46.6 Å². The van der Waals surface area contributed by atoms with Crippen LogP contribution in [0, 0.1) is 6.92 Å². The summed E-state index contributed by atoms with van der Waals surface area (Å²) in [5, 5.41) is 9.22. The molecule has 1 aliphatic heterocycles. The van der Waals surface area contributed by atoms with Crippen LogP contribution in [0.1, 0.15) is 34.7 Å². The Bertz CT molecular complexity index is 706. The second kappa shape index (κ2) is 4.61. The van der Waals surface area contributed by atoms with Crippen LogP contribution >= 0.6 is 0 Å². The third kappa shape index (κ3) is 2.28. The number of fused-ring (bicyclic) bond motifs is 1. The predicted molar refractivity (Wildman–Crippen MR) is 69.9 cm³/mol. The molecular weight excluding hydrogens is 283 g/mol. The number of nitrogens with zero attached hydrogens (tertiary/aromatic N) is 1. The molecule has 0 saturated carbocycles. The Morgan fingerprint density at radius 1 is 1.29 bits per heavy atom. The second-order valence-electron chi connectivity index (χ2n) is 5.00. The number of amides is 1. The van der Waals surface area contributed by atoms with Gasteiger partial charge in [-0.1, -0.05) is 18.2 Å². The standard InChI is InChI=1S/C14H12F3N3O/c1-7-12-9(6-11(21)18-13(12)20-19-7)8-4-2-3-5-10(8)14(15,16)17/h2-5,9H,6H2,1H3,(H2,18,19,20,21)/t9-/m0/s1. The molecule has 2 heterocycles. The Balaban J connectivity index is 2.18. The molecule has 3 rings (SSSR count). The molecule has 0 fully saturated rings. The fourth-order valence-electron chi connectivity index (χ4n) is 2.75. The van der Waals surface area contributed by atoms with Crippen LogP contribution in [0.25, 0.3) is 0 Å². The molecule has 0 aliphatic carbocycles. The fourth-order valence-corrected chi connectivity index (χ4v) is 2.75. The summed E-state index contributed by atoms with van der Waals surface area (Å²) in [6.45, 7) is 1.73. The SMILES string of the molecule is Cc1[nH]nc2c1[C@H](c1ccccc1C(F)(F)F)CC(=O)N2. The van der Waals surface area contributed by atoms with E-state index in [9.17, 15) is 18.0 Å². The summed E-state index contributed by atoms with van der Waals surface area (Å²) >= 11 is 0. The van der Waals surface area contributed by atoms with E-state index in [0.29, 0.717) is 17.1 Å². The zero-order chi connectivity index (χ0) is 15.2. The molecule has 4 nitrogen and oxygen atoms in total. The van der Waals surface area contributed by atoms with E-state index in [-0.39, 0.29) is 17.9 Å². The molecule has 1 aromatic carbocycles. The molecule has 0 bridgehead atoms. The molecule has 1 atom stereocenters. The molecule has 1 aliphatic rings. The lowest BCUT2D eigenvalue weighted by Gasteiger charge is -2.25. The third-order valence-electron chi connectivity index (χ3n) is 3.63. The number of rotatable bonds is 1. The van der Waals surface area contributed by atoms with Gasteiger partial charge in [-0.25, -0.2) is 0 Å². The van der Waals surface area contributed by atoms with Crippen molar-refractivity contribution in [2.45, 2.75) is 25.4 Å². The minimum Gasteiger partial charge on any atom is -0.309 e. The Morgan fingerprint density at radius 3 is 2.71 bits per heavy atom. The van der Waals surface area contributed by atoms with Crippen molar-refractivity contribution in [2.75, 3.05) is 5.32 Å². The predicted octanol–water partition coefficient (Wildman–Crippen LogP) is 3.21. The van der Waals surface area contributed by atoms with E-state index in [1.807, 2.05) is 0 Å². The number of benzene rings is 1. The highest BCUT2D eigenvalue weighted by Gasteiger charge is 2.38. The van der Waals surface area contributed by atoms with Crippen LogP contribution < -0.4 is 5.32 Å². The molecule has 0 unspecified atom stereocenters. The largest absolute Gasteiger partial charge is 0.416 e. The smallest absolute Gasteiger partial charge is 0.309 e. The topological polar surface area (TPSA) is 57.8 Å². The van der Waals surface area contributed by atoms with E-state index < -0.39 is 17.7 Å². The van der Waals surface area contributed by atoms with E-state index in [0.717, 1.165) is 6.07 Å². The van der Waals surface area contributed by atoms with Crippen molar-refractivity contribution in [3.63, 3.8) is 0 Å². The van der Waals surface area contributed by atoms with Crippen LogP contribution in [0.15, 0.2) is 24.3 Å². The van der Waals surface area contributed by atoms with Gasteiger partial charge in [0, 0.05) is 23.6 Å². The highest BCUT2D eigenvalue weighted by Crippen LogP contribution is 2.43. The third-order valence-corrected chi connectivity index (χ3v) is 3.63. The first-order valence-corrected chi connectivity index (χ1v) is 6.38. The van der Waals surface area contributed by atoms with E-state index in [1.165, 1.54) is 12.1 Å². The number of aromatic nitrogens is 2. The lowest BCUT2D eigenvalue weighted by Crippen LogP contribution is -2.25. The molecule has 2 aromatic rings. The van der Waals surface area contributed by atoms with Crippen molar-refractivity contribution in [3.8, 4) is 0 Å². The van der Waals surface area contributed by atoms with Crippen molar-refractivity contribution in [2.24, 2.45) is 0 Å². The summed E-state index contributed by atoms with van der Waals surface area (Å²) in [6, 6.07) is 5.35. The molecular formula is C14H12F3N3O. The first-order valence-electron chi connectivity index (χ1n) is 6.38. The monoisotopic (exact) mass is 295 g/mol. The van der Waals surface area contributed by atoms with Crippen molar-refractivity contribution in [1.29, 1.82) is 0 Å². The molecule has 7 heteroatoms. The Kier molecular flexibility index (Phi) is 3.00. The maximum atomic E-state index is 13.2. The number of hydrogen-bond acceptors (Lipinski definition) is 2. The van der Waals surface area contributed by atoms with E-state index in [2.05, 4.69) is 15.5 Å². The van der Waals surface area contributed by atoms with Crippen LogP contribution in [-0.4, -0.2) is 16.1 Å². The number of hydrogen-bond donors (Lipinski definition) is 2. The molecule has 0 radical (unpaired) electrons. The van der Waals surface area contributed by atoms with Crippen LogP contribution in [0.3, 0.4) is 0 Å². The highest BCUT2D eigenvalue weighted by molar-refractivity contribution is 5.94. The van der Waals surface area contributed by atoms with E-state index in [4.69, 9.17) is 0 Å². The number of aromatic amines is 1. The maximum absolute atomic E-state index is 13.2. The number of carbonyl (C=O) groups is 1. The Hall–Kier alpha value is -2.31. The number of halogens is 3. The van der Waals surface area contributed by atoms with Gasteiger partial charge in [-0.2, -0.15) is 18.3 Å². The number of carbonyl (C=O) groups excluding carboxylic acids is 1. The summed E-state index contributed by atoms with van der Waals surface area (Å²) in [6.07, 6.45) is -4.48. The summed E-state index contributed by atoms with van der Waals surface area (Å²) < 4.78 is 39.5. The Morgan fingerprint density at radius 2 is 2.00 bits per heavy atom. The first kappa shape index (κ1) is 13.7. The minimum absolute atomic E-state index is 0.0273. The summed E-state index contributed by atoms with van der Waals surface area (Å²) in [7, 11) is 0. The molecule has 1 aromatic heterocycles. The zero-order valence-corrected chi connectivity index (χ0v) is 11.1. The van der Waals surface area contributed by atoms with E-state index in [1.54, 1.807) is 13.0 Å². The Labute approximate surface area is 118 Å². The molecule has 0 saturated heterocycles. The average molecular weight is 295 g/mol. The molecule has 2 N–H and O–H groups in total. The van der Waals surface area contributed by atoms with Gasteiger partial charge in [0.05, 0.1) is 5.56 Å². The number of nitrogens with one attached hydrogen (secondary N) is 2. The van der Waals surface area contributed by atoms with Gasteiger partial charge < -0.3 is 5.32 Å². The lowest BCUT2D eigenvalue weighted by atomic mass is 9.83. The second-order valence-corrected chi connectivity index (χ2v) is 5.00. The van der Waals surface area contributed by atoms with Gasteiger partial charge in [0.1, 0.15) is 0 Å². The summed E-state index contributed by atoms with van der Waals surface area (Å²) in [4.78, 5) is 11.7. The van der Waals surface area contributed by atoms with Gasteiger partial charge in [0.2, 0.25) is 5.91 Å². The lowest BCUT2D eigenvalue weighted by molar-refractivity contribution is -0.138. The fraction of sp³-hybridized carbons (Fsp3) is 0.286. The van der Waals surface area contributed by atoms with Gasteiger partial charge in [0.25, 0.3) is 0 Å². The van der Waals surface area contributed by atoms with Crippen LogP contribution in [0.5, 0.6) is 0 Å². The quantitative estimate of drug-likeness (QED) is 0.848. The number of anilines is 1. The number of H-pyrrole nitrogens is 1. The number of alkyl halides is 3. The average Bonchev–Trinajstić information content (AvgIpc) is 2.78. The maximum Gasteiger partial charge on any atom is 0.416 e. The van der Waals surface area contributed by atoms with Crippen molar-refractivity contribution < 1.29 is 18.0 Å². The molecule has 21 heavy (non-hydrogen) atoms. The normalized spacial score (nSPS) is 18.3. The van der Waals surface area contributed by atoms with Crippen LogP contribution in [0.2, 0.25) is 0 Å². The van der Waals surface area contributed by atoms with Gasteiger partial charge in [-0.05, 0) is 18.6 Å². The summed E-state index contributed by atoms with van der Waals surface area (Å²) in [5.41, 5.74) is 0.667. The van der Waals surface area contributed by atoms with E-state index >= 15 is 0 Å². The van der Waals surface area contributed by atoms with Crippen LogP contribution in [0.4, 0.5) is 19.0 Å². The number of aryl methyl sites for hydroxylation is 1. The summed E-state index contributed by atoms with van der Waals surface area (Å²) in [5.74, 6) is -0.674.